The summed E-state index contributed by atoms with van der Waals surface area (Å²) >= 11 is 0.951. The molecule has 0 aromatic heterocycles. The van der Waals surface area contributed by atoms with E-state index in [2.05, 4.69) is 5.32 Å². The van der Waals surface area contributed by atoms with Crippen molar-refractivity contribution in [3.63, 3.8) is 0 Å². The molecule has 0 aliphatic rings. The maximum absolute atomic E-state index is 13.6. The number of thioether (sulfide) groups is 1. The molecule has 0 aliphatic carbocycles. The zero-order chi connectivity index (χ0) is 18.5. The van der Waals surface area contributed by atoms with Crippen LogP contribution in [0.15, 0.2) is 17.0 Å². The Hall–Kier alpha value is -2.47. The van der Waals surface area contributed by atoms with E-state index in [4.69, 9.17) is 15.7 Å². The fourth-order valence-electron chi connectivity index (χ4n) is 1.58. The molecule has 1 amide bonds. The molecule has 0 saturated heterocycles. The van der Waals surface area contributed by atoms with Gasteiger partial charge in [-0.2, -0.15) is 5.26 Å². The number of nitriles is 1. The summed E-state index contributed by atoms with van der Waals surface area (Å²) in [4.78, 5) is 23.2. The van der Waals surface area contributed by atoms with Gasteiger partial charge >= 0.3 is 12.1 Å². The van der Waals surface area contributed by atoms with E-state index < -0.39 is 29.5 Å². The van der Waals surface area contributed by atoms with Crippen molar-refractivity contribution in [1.82, 2.24) is 5.32 Å². The number of carboxylic acid groups (broad SMARTS) is 1. The standard InChI is InChI=1S/C15H18FN3O4S/c1-15(2,3)23-14(22)19-11(13(20)21)7-24-12-5-9(16)8(6-17)4-10(12)18/h4-5,11H,7,18H2,1-3H3,(H,19,22)(H,20,21)/t11-/m0/s1. The van der Waals surface area contributed by atoms with E-state index >= 15 is 0 Å². The molecule has 9 heteroatoms. The van der Waals surface area contributed by atoms with Gasteiger partial charge < -0.3 is 20.9 Å². The fourth-order valence-corrected chi connectivity index (χ4v) is 2.56. The Labute approximate surface area is 143 Å². The van der Waals surface area contributed by atoms with E-state index in [1.54, 1.807) is 26.8 Å². The topological polar surface area (TPSA) is 125 Å². The average Bonchev–Trinajstić information content (AvgIpc) is 2.43. The van der Waals surface area contributed by atoms with Crippen LogP contribution in [0.5, 0.6) is 0 Å². The van der Waals surface area contributed by atoms with E-state index in [0.29, 0.717) is 0 Å². The number of carboxylic acids is 1. The minimum absolute atomic E-state index is 0.0931. The normalized spacial score (nSPS) is 12.1. The first-order valence-electron chi connectivity index (χ1n) is 6.87. The van der Waals surface area contributed by atoms with Crippen molar-refractivity contribution in [2.75, 3.05) is 11.5 Å². The number of hydrogen-bond acceptors (Lipinski definition) is 6. The number of nitrogens with one attached hydrogen (secondary N) is 1. The maximum atomic E-state index is 13.6. The van der Waals surface area contributed by atoms with Crippen LogP contribution in [-0.2, 0) is 9.53 Å². The molecule has 0 spiro atoms. The fraction of sp³-hybridized carbons (Fsp3) is 0.400. The maximum Gasteiger partial charge on any atom is 0.408 e. The smallest absolute Gasteiger partial charge is 0.408 e. The van der Waals surface area contributed by atoms with Crippen molar-refractivity contribution in [3.05, 3.63) is 23.5 Å². The number of nitrogens with two attached hydrogens (primary N) is 1. The second kappa shape index (κ2) is 7.88. The molecule has 0 aliphatic heterocycles. The Morgan fingerprint density at radius 1 is 1.50 bits per heavy atom. The molecule has 0 heterocycles. The number of rotatable bonds is 5. The highest BCUT2D eigenvalue weighted by Gasteiger charge is 2.24. The Bertz CT molecular complexity index is 683. The van der Waals surface area contributed by atoms with Crippen LogP contribution in [0.2, 0.25) is 0 Å². The minimum Gasteiger partial charge on any atom is -0.480 e. The number of carbonyl (C=O) groups is 2. The number of nitrogens with zero attached hydrogens (tertiary/aromatic N) is 1. The Kier molecular flexibility index (Phi) is 6.42. The zero-order valence-electron chi connectivity index (χ0n) is 13.4. The van der Waals surface area contributed by atoms with E-state index in [-0.39, 0.29) is 21.9 Å². The van der Waals surface area contributed by atoms with Crippen LogP contribution in [0.3, 0.4) is 0 Å². The van der Waals surface area contributed by atoms with E-state index in [1.807, 2.05) is 0 Å². The zero-order valence-corrected chi connectivity index (χ0v) is 14.2. The highest BCUT2D eigenvalue weighted by Crippen LogP contribution is 2.28. The van der Waals surface area contributed by atoms with Gasteiger partial charge in [0, 0.05) is 16.3 Å². The number of aliphatic carboxylic acids is 1. The summed E-state index contributed by atoms with van der Waals surface area (Å²) < 4.78 is 18.6. The predicted octanol–water partition coefficient (Wildman–Crippen LogP) is 2.35. The second-order valence-electron chi connectivity index (χ2n) is 5.83. The second-order valence-corrected chi connectivity index (χ2v) is 6.89. The molecule has 7 nitrogen and oxygen atoms in total. The van der Waals surface area contributed by atoms with Crippen LogP contribution < -0.4 is 11.1 Å². The number of alkyl carbamates (subject to hydrolysis) is 1. The molecule has 130 valence electrons. The first kappa shape index (κ1) is 19.6. The lowest BCUT2D eigenvalue weighted by Gasteiger charge is -2.22. The number of carbonyl (C=O) groups excluding carboxylic acids is 1. The largest absolute Gasteiger partial charge is 0.480 e. The van der Waals surface area contributed by atoms with Gasteiger partial charge in [0.05, 0.1) is 5.56 Å². The molecule has 1 aromatic carbocycles. The third-order valence-corrected chi connectivity index (χ3v) is 3.78. The van der Waals surface area contributed by atoms with E-state index in [1.165, 1.54) is 6.07 Å². The van der Waals surface area contributed by atoms with Gasteiger partial charge in [-0.15, -0.1) is 11.8 Å². The van der Waals surface area contributed by atoms with Crippen molar-refractivity contribution in [2.24, 2.45) is 0 Å². The molecule has 1 rings (SSSR count). The third kappa shape index (κ3) is 5.96. The number of amides is 1. The van der Waals surface area contributed by atoms with Crippen LogP contribution >= 0.6 is 11.8 Å². The van der Waals surface area contributed by atoms with Crippen LogP contribution in [0.4, 0.5) is 14.9 Å². The average molecular weight is 355 g/mol. The predicted molar refractivity (Wildman–Crippen MR) is 87.0 cm³/mol. The van der Waals surface area contributed by atoms with Crippen molar-refractivity contribution < 1.29 is 23.8 Å². The summed E-state index contributed by atoms with van der Waals surface area (Å²) in [6, 6.07) is 2.65. The summed E-state index contributed by atoms with van der Waals surface area (Å²) in [5, 5.41) is 20.1. The Morgan fingerprint density at radius 2 is 2.12 bits per heavy atom. The number of hydrogen-bond donors (Lipinski definition) is 3. The third-order valence-electron chi connectivity index (χ3n) is 2.61. The van der Waals surface area contributed by atoms with Gasteiger partial charge in [0.25, 0.3) is 0 Å². The molecular weight excluding hydrogens is 337 g/mol. The van der Waals surface area contributed by atoms with Gasteiger partial charge in [-0.3, -0.25) is 0 Å². The first-order chi connectivity index (χ1) is 11.0. The highest BCUT2D eigenvalue weighted by molar-refractivity contribution is 7.99. The SMILES string of the molecule is CC(C)(C)OC(=O)N[C@@H](CSc1cc(F)c(C#N)cc1N)C(=O)O. The monoisotopic (exact) mass is 355 g/mol. The molecule has 0 saturated carbocycles. The lowest BCUT2D eigenvalue weighted by atomic mass is 10.2. The number of ether oxygens (including phenoxy) is 1. The summed E-state index contributed by atoms with van der Waals surface area (Å²) in [5.41, 5.74) is 4.91. The molecule has 4 N–H and O–H groups in total. The molecule has 0 fully saturated rings. The molecular formula is C15H18FN3O4S. The molecule has 24 heavy (non-hydrogen) atoms. The first-order valence-corrected chi connectivity index (χ1v) is 7.86. The van der Waals surface area contributed by atoms with Crippen molar-refractivity contribution in [2.45, 2.75) is 37.3 Å². The molecule has 0 bridgehead atoms. The highest BCUT2D eigenvalue weighted by atomic mass is 32.2. The number of anilines is 1. The van der Waals surface area contributed by atoms with Crippen LogP contribution in [0, 0.1) is 17.1 Å². The number of nitrogen functional groups attached to an aromatic ring is 1. The lowest BCUT2D eigenvalue weighted by molar-refractivity contribution is -0.138. The molecule has 0 radical (unpaired) electrons. The quantitative estimate of drug-likeness (QED) is 0.547. The molecule has 1 aromatic rings. The van der Waals surface area contributed by atoms with Crippen LogP contribution in [0.25, 0.3) is 0 Å². The Morgan fingerprint density at radius 3 is 2.62 bits per heavy atom. The summed E-state index contributed by atoms with van der Waals surface area (Å²) in [7, 11) is 0. The van der Waals surface area contributed by atoms with Gasteiger partial charge in [0.1, 0.15) is 23.5 Å². The number of benzene rings is 1. The summed E-state index contributed by atoms with van der Waals surface area (Å²) in [6.45, 7) is 4.95. The van der Waals surface area contributed by atoms with Gasteiger partial charge in [-0.05, 0) is 32.9 Å². The van der Waals surface area contributed by atoms with Crippen molar-refractivity contribution in [1.29, 1.82) is 5.26 Å². The van der Waals surface area contributed by atoms with Gasteiger partial charge in [0.15, 0.2) is 0 Å². The van der Waals surface area contributed by atoms with Gasteiger partial charge in [-0.1, -0.05) is 0 Å². The van der Waals surface area contributed by atoms with Gasteiger partial charge in [0.2, 0.25) is 0 Å². The van der Waals surface area contributed by atoms with Crippen molar-refractivity contribution in [3.8, 4) is 6.07 Å². The molecule has 0 unspecified atom stereocenters. The van der Waals surface area contributed by atoms with Crippen LogP contribution in [0.1, 0.15) is 26.3 Å². The number of halogens is 1. The summed E-state index contributed by atoms with van der Waals surface area (Å²) in [6.07, 6.45) is -0.866. The molecule has 1 atom stereocenters. The Balaban J connectivity index is 2.78. The minimum atomic E-state index is -1.26. The van der Waals surface area contributed by atoms with Gasteiger partial charge in [-0.25, -0.2) is 14.0 Å². The van der Waals surface area contributed by atoms with Crippen LogP contribution in [-0.4, -0.2) is 34.6 Å². The van der Waals surface area contributed by atoms with E-state index in [9.17, 15) is 19.1 Å². The summed E-state index contributed by atoms with van der Waals surface area (Å²) in [5.74, 6) is -2.10. The van der Waals surface area contributed by atoms with E-state index in [0.717, 1.165) is 17.8 Å². The van der Waals surface area contributed by atoms with Crippen molar-refractivity contribution >= 4 is 29.5 Å². The lowest BCUT2D eigenvalue weighted by Crippen LogP contribution is -2.44.